The molecule has 0 aliphatic rings. The monoisotopic (exact) mass is 261 g/mol. The van der Waals surface area contributed by atoms with Gasteiger partial charge in [0.25, 0.3) is 0 Å². The Morgan fingerprint density at radius 1 is 1.33 bits per heavy atom. The summed E-state index contributed by atoms with van der Waals surface area (Å²) in [6.07, 6.45) is 5.48. The Bertz CT molecular complexity index is 561. The Balaban J connectivity index is 2.32. The van der Waals surface area contributed by atoms with Gasteiger partial charge >= 0.3 is 5.97 Å². The van der Waals surface area contributed by atoms with Crippen LogP contribution in [0.15, 0.2) is 40.8 Å². The average Bonchev–Trinajstić information content (AvgIpc) is 2.39. The molecule has 1 N–H and O–H groups in total. The van der Waals surface area contributed by atoms with Crippen molar-refractivity contribution >= 4 is 17.7 Å². The molecule has 2 aromatic rings. The first-order chi connectivity index (χ1) is 8.69. The summed E-state index contributed by atoms with van der Waals surface area (Å²) in [4.78, 5) is 23.4. The molecule has 0 bridgehead atoms. The third kappa shape index (κ3) is 3.04. The lowest BCUT2D eigenvalue weighted by molar-refractivity contribution is 0.0696. The number of nitrogens with zero attached hydrogens (tertiary/aromatic N) is 3. The summed E-state index contributed by atoms with van der Waals surface area (Å²) in [6.45, 7) is 1.94. The second kappa shape index (κ2) is 5.59. The largest absolute Gasteiger partial charge is 0.478 e. The van der Waals surface area contributed by atoms with Gasteiger partial charge in [0.15, 0.2) is 0 Å². The van der Waals surface area contributed by atoms with Crippen LogP contribution in [0.2, 0.25) is 0 Å². The normalized spacial score (nSPS) is 10.3. The third-order valence-electron chi connectivity index (χ3n) is 2.21. The van der Waals surface area contributed by atoms with Crippen molar-refractivity contribution in [3.05, 3.63) is 42.0 Å². The summed E-state index contributed by atoms with van der Waals surface area (Å²) in [5.74, 6) is -0.951. The van der Waals surface area contributed by atoms with Crippen molar-refractivity contribution in [2.24, 2.45) is 0 Å². The molecule has 92 valence electrons. The maximum absolute atomic E-state index is 11.0. The number of rotatable bonds is 4. The summed E-state index contributed by atoms with van der Waals surface area (Å²) < 4.78 is 0. The van der Waals surface area contributed by atoms with Gasteiger partial charge < -0.3 is 5.11 Å². The van der Waals surface area contributed by atoms with E-state index in [0.29, 0.717) is 16.5 Å². The van der Waals surface area contributed by atoms with Crippen molar-refractivity contribution < 1.29 is 9.90 Å². The van der Waals surface area contributed by atoms with Crippen LogP contribution in [0.5, 0.6) is 0 Å². The highest BCUT2D eigenvalue weighted by Gasteiger charge is 2.09. The molecule has 0 spiro atoms. The second-order valence-corrected chi connectivity index (χ2v) is 4.53. The predicted molar refractivity (Wildman–Crippen MR) is 66.7 cm³/mol. The van der Waals surface area contributed by atoms with Crippen molar-refractivity contribution in [2.45, 2.75) is 23.4 Å². The highest BCUT2D eigenvalue weighted by Crippen LogP contribution is 2.24. The van der Waals surface area contributed by atoms with E-state index in [2.05, 4.69) is 15.0 Å². The average molecular weight is 261 g/mol. The number of hydrogen-bond donors (Lipinski definition) is 1. The molecule has 6 heteroatoms. The van der Waals surface area contributed by atoms with Crippen LogP contribution < -0.4 is 0 Å². The number of carboxylic acid groups (broad SMARTS) is 1. The van der Waals surface area contributed by atoms with Gasteiger partial charge in [-0.1, -0.05) is 6.92 Å². The number of aromatic carboxylic acids is 1. The van der Waals surface area contributed by atoms with Crippen LogP contribution in [-0.4, -0.2) is 26.0 Å². The van der Waals surface area contributed by atoms with Gasteiger partial charge in [-0.25, -0.2) is 14.8 Å². The summed E-state index contributed by atoms with van der Waals surface area (Å²) in [5.41, 5.74) is 0.995. The number of pyridine rings is 1. The highest BCUT2D eigenvalue weighted by molar-refractivity contribution is 7.99. The topological polar surface area (TPSA) is 76.0 Å². The van der Waals surface area contributed by atoms with E-state index in [1.165, 1.54) is 11.8 Å². The molecule has 5 nitrogen and oxygen atoms in total. The maximum Gasteiger partial charge on any atom is 0.335 e. The zero-order valence-electron chi connectivity index (χ0n) is 9.70. The summed E-state index contributed by atoms with van der Waals surface area (Å²) in [7, 11) is 0. The first-order valence-corrected chi connectivity index (χ1v) is 6.19. The Labute approximate surface area is 108 Å². The van der Waals surface area contributed by atoms with E-state index in [0.717, 1.165) is 5.69 Å². The zero-order valence-corrected chi connectivity index (χ0v) is 10.5. The molecule has 0 aliphatic carbocycles. The van der Waals surface area contributed by atoms with Crippen molar-refractivity contribution in [3.63, 3.8) is 0 Å². The van der Waals surface area contributed by atoms with Gasteiger partial charge in [-0.3, -0.25) is 4.98 Å². The molecule has 0 aromatic carbocycles. The van der Waals surface area contributed by atoms with Gasteiger partial charge in [0.05, 0.1) is 11.8 Å². The second-order valence-electron chi connectivity index (χ2n) is 3.49. The molecule has 0 saturated carbocycles. The number of aryl methyl sites for hydroxylation is 1. The fraction of sp³-hybridized carbons (Fsp3) is 0.167. The Kier molecular flexibility index (Phi) is 3.88. The molecule has 18 heavy (non-hydrogen) atoms. The van der Waals surface area contributed by atoms with Crippen molar-refractivity contribution in [1.82, 2.24) is 15.0 Å². The van der Waals surface area contributed by atoms with Gasteiger partial charge in [0, 0.05) is 18.1 Å². The molecular weight excluding hydrogens is 250 g/mol. The number of carbonyl (C=O) groups is 1. The minimum atomic E-state index is -0.951. The molecule has 0 saturated heterocycles. The number of hydrogen-bond acceptors (Lipinski definition) is 5. The first kappa shape index (κ1) is 12.5. The maximum atomic E-state index is 11.0. The number of aromatic nitrogens is 3. The van der Waals surface area contributed by atoms with E-state index in [9.17, 15) is 4.79 Å². The molecule has 2 heterocycles. The Hall–Kier alpha value is -1.95. The van der Waals surface area contributed by atoms with Crippen LogP contribution in [0.1, 0.15) is 23.0 Å². The van der Waals surface area contributed by atoms with E-state index in [-0.39, 0.29) is 5.56 Å². The van der Waals surface area contributed by atoms with Crippen LogP contribution in [0.3, 0.4) is 0 Å². The standard InChI is InChI=1S/C12H11N3O2S/c1-2-9-5-8(12(16)17)6-10(15-9)18-11-7-13-3-4-14-11/h3-7H,2H2,1H3,(H,16,17). The van der Waals surface area contributed by atoms with Crippen LogP contribution in [-0.2, 0) is 6.42 Å². The first-order valence-electron chi connectivity index (χ1n) is 5.37. The summed E-state index contributed by atoms with van der Waals surface area (Å²) in [6, 6.07) is 3.13. The lowest BCUT2D eigenvalue weighted by Crippen LogP contribution is -2.00. The molecule has 2 aromatic heterocycles. The molecule has 0 fully saturated rings. The predicted octanol–water partition coefficient (Wildman–Crippen LogP) is 2.28. The third-order valence-corrected chi connectivity index (χ3v) is 3.05. The SMILES string of the molecule is CCc1cc(C(=O)O)cc(Sc2cnccn2)n1. The molecular formula is C12H11N3O2S. The van der Waals surface area contributed by atoms with Crippen molar-refractivity contribution in [2.75, 3.05) is 0 Å². The zero-order chi connectivity index (χ0) is 13.0. The van der Waals surface area contributed by atoms with E-state index in [1.54, 1.807) is 30.7 Å². The lowest BCUT2D eigenvalue weighted by atomic mass is 10.2. The molecule has 0 unspecified atom stereocenters. The molecule has 0 radical (unpaired) electrons. The van der Waals surface area contributed by atoms with Gasteiger partial charge in [-0.2, -0.15) is 0 Å². The van der Waals surface area contributed by atoms with Gasteiger partial charge in [-0.15, -0.1) is 0 Å². The molecule has 0 atom stereocenters. The Morgan fingerprint density at radius 3 is 2.78 bits per heavy atom. The van der Waals surface area contributed by atoms with Crippen molar-refractivity contribution in [3.8, 4) is 0 Å². The van der Waals surface area contributed by atoms with E-state index in [1.807, 2.05) is 6.92 Å². The molecule has 0 amide bonds. The minimum Gasteiger partial charge on any atom is -0.478 e. The van der Waals surface area contributed by atoms with Crippen LogP contribution in [0, 0.1) is 0 Å². The van der Waals surface area contributed by atoms with E-state index in [4.69, 9.17) is 5.11 Å². The van der Waals surface area contributed by atoms with Gasteiger partial charge in [0.1, 0.15) is 10.1 Å². The smallest absolute Gasteiger partial charge is 0.335 e. The van der Waals surface area contributed by atoms with Crippen LogP contribution in [0.25, 0.3) is 0 Å². The van der Waals surface area contributed by atoms with E-state index >= 15 is 0 Å². The fourth-order valence-corrected chi connectivity index (χ4v) is 2.15. The summed E-state index contributed by atoms with van der Waals surface area (Å²) in [5, 5.41) is 10.3. The Morgan fingerprint density at radius 2 is 2.17 bits per heavy atom. The van der Waals surface area contributed by atoms with Crippen LogP contribution >= 0.6 is 11.8 Å². The van der Waals surface area contributed by atoms with Gasteiger partial charge in [0.2, 0.25) is 0 Å². The molecule has 2 rings (SSSR count). The van der Waals surface area contributed by atoms with Crippen molar-refractivity contribution in [1.29, 1.82) is 0 Å². The quantitative estimate of drug-likeness (QED) is 0.910. The van der Waals surface area contributed by atoms with Gasteiger partial charge in [-0.05, 0) is 30.3 Å². The summed E-state index contributed by atoms with van der Waals surface area (Å²) >= 11 is 1.30. The highest BCUT2D eigenvalue weighted by atomic mass is 32.2. The number of carboxylic acids is 1. The van der Waals surface area contributed by atoms with E-state index < -0.39 is 5.97 Å². The minimum absolute atomic E-state index is 0.244. The van der Waals surface area contributed by atoms with Crippen LogP contribution in [0.4, 0.5) is 0 Å². The fourth-order valence-electron chi connectivity index (χ4n) is 1.36. The molecule has 0 aliphatic heterocycles. The lowest BCUT2D eigenvalue weighted by Gasteiger charge is -2.04.